The average Bonchev–Trinajstić information content (AvgIpc) is 3.22. The summed E-state index contributed by atoms with van der Waals surface area (Å²) in [5, 5.41) is 0. The number of anilines is 1. The lowest BCUT2D eigenvalue weighted by Gasteiger charge is -2.26. The van der Waals surface area contributed by atoms with Crippen LogP contribution in [-0.2, 0) is 4.79 Å². The van der Waals surface area contributed by atoms with Crippen molar-refractivity contribution in [1.29, 1.82) is 0 Å². The van der Waals surface area contributed by atoms with Crippen LogP contribution < -0.4 is 10.5 Å². The average molecular weight is 276 g/mol. The fourth-order valence-electron chi connectivity index (χ4n) is 2.14. The van der Waals surface area contributed by atoms with Crippen LogP contribution in [0.1, 0.15) is 33.1 Å². The Morgan fingerprint density at radius 3 is 2.55 bits per heavy atom. The maximum absolute atomic E-state index is 12.2. The first-order valence-corrected chi connectivity index (χ1v) is 7.34. The van der Waals surface area contributed by atoms with E-state index in [2.05, 4.69) is 13.8 Å². The van der Waals surface area contributed by atoms with E-state index in [9.17, 15) is 4.79 Å². The minimum atomic E-state index is 0.183. The van der Waals surface area contributed by atoms with Gasteiger partial charge in [0, 0.05) is 18.3 Å². The first kappa shape index (κ1) is 14.7. The van der Waals surface area contributed by atoms with Gasteiger partial charge in [0.25, 0.3) is 0 Å². The molecule has 1 aliphatic rings. The fourth-order valence-corrected chi connectivity index (χ4v) is 2.14. The quantitative estimate of drug-likeness (QED) is 0.779. The van der Waals surface area contributed by atoms with Gasteiger partial charge < -0.3 is 15.4 Å². The van der Waals surface area contributed by atoms with Gasteiger partial charge in [-0.25, -0.2) is 0 Å². The molecular weight excluding hydrogens is 252 g/mol. The number of benzene rings is 1. The summed E-state index contributed by atoms with van der Waals surface area (Å²) in [7, 11) is 0. The molecule has 1 fully saturated rings. The summed E-state index contributed by atoms with van der Waals surface area (Å²) in [4.78, 5) is 14.2. The number of ether oxygens (including phenoxy) is 1. The molecule has 1 saturated carbocycles. The van der Waals surface area contributed by atoms with Gasteiger partial charge in [-0.05, 0) is 56.9 Å². The van der Waals surface area contributed by atoms with Crippen LogP contribution in [0.15, 0.2) is 24.3 Å². The molecule has 1 aromatic rings. The predicted molar refractivity (Wildman–Crippen MR) is 80.5 cm³/mol. The molecule has 20 heavy (non-hydrogen) atoms. The molecule has 0 bridgehead atoms. The van der Waals surface area contributed by atoms with Crippen molar-refractivity contribution in [1.82, 2.24) is 4.90 Å². The molecule has 0 unspecified atom stereocenters. The SMILES string of the molecule is CC(C)N(CC1CC1)C(=O)CCOc1ccc(N)cc1. The first-order chi connectivity index (χ1) is 9.56. The van der Waals surface area contributed by atoms with Gasteiger partial charge in [-0.3, -0.25) is 4.79 Å². The highest BCUT2D eigenvalue weighted by Crippen LogP contribution is 2.30. The van der Waals surface area contributed by atoms with Gasteiger partial charge in [-0.15, -0.1) is 0 Å². The maximum atomic E-state index is 12.2. The molecule has 0 aliphatic heterocycles. The summed E-state index contributed by atoms with van der Waals surface area (Å²) in [6.45, 7) is 5.46. The highest BCUT2D eigenvalue weighted by atomic mass is 16.5. The first-order valence-electron chi connectivity index (χ1n) is 7.34. The van der Waals surface area contributed by atoms with Gasteiger partial charge in [0.15, 0.2) is 0 Å². The Labute approximate surface area is 120 Å². The molecule has 0 aromatic heterocycles. The topological polar surface area (TPSA) is 55.6 Å². The molecule has 1 aliphatic carbocycles. The van der Waals surface area contributed by atoms with E-state index in [4.69, 9.17) is 10.5 Å². The third kappa shape index (κ3) is 4.44. The zero-order chi connectivity index (χ0) is 14.5. The van der Waals surface area contributed by atoms with E-state index < -0.39 is 0 Å². The van der Waals surface area contributed by atoms with Crippen LogP contribution in [0.5, 0.6) is 5.75 Å². The number of amides is 1. The number of nitrogens with two attached hydrogens (primary N) is 1. The molecule has 0 spiro atoms. The van der Waals surface area contributed by atoms with Crippen molar-refractivity contribution in [2.24, 2.45) is 5.92 Å². The Morgan fingerprint density at radius 1 is 1.35 bits per heavy atom. The molecule has 4 nitrogen and oxygen atoms in total. The van der Waals surface area contributed by atoms with E-state index in [-0.39, 0.29) is 11.9 Å². The summed E-state index contributed by atoms with van der Waals surface area (Å²) in [6, 6.07) is 7.50. The Hall–Kier alpha value is -1.71. The Morgan fingerprint density at radius 2 is 2.00 bits per heavy atom. The van der Waals surface area contributed by atoms with Crippen LogP contribution in [0.4, 0.5) is 5.69 Å². The van der Waals surface area contributed by atoms with Gasteiger partial charge >= 0.3 is 0 Å². The third-order valence-electron chi connectivity index (χ3n) is 3.56. The number of carbonyl (C=O) groups is 1. The minimum Gasteiger partial charge on any atom is -0.493 e. The van der Waals surface area contributed by atoms with Crippen LogP contribution in [0.25, 0.3) is 0 Å². The Balaban J connectivity index is 1.76. The van der Waals surface area contributed by atoms with Gasteiger partial charge in [0.1, 0.15) is 5.75 Å². The minimum absolute atomic E-state index is 0.183. The number of carbonyl (C=O) groups excluding carboxylic acids is 1. The van der Waals surface area contributed by atoms with E-state index >= 15 is 0 Å². The Kier molecular flexibility index (Phi) is 4.88. The smallest absolute Gasteiger partial charge is 0.226 e. The van der Waals surface area contributed by atoms with Crippen molar-refractivity contribution in [2.75, 3.05) is 18.9 Å². The maximum Gasteiger partial charge on any atom is 0.226 e. The summed E-state index contributed by atoms with van der Waals surface area (Å²) >= 11 is 0. The van der Waals surface area contributed by atoms with E-state index in [1.807, 2.05) is 17.0 Å². The Bertz CT molecular complexity index is 438. The van der Waals surface area contributed by atoms with Crippen molar-refractivity contribution in [3.63, 3.8) is 0 Å². The largest absolute Gasteiger partial charge is 0.493 e. The fraction of sp³-hybridized carbons (Fsp3) is 0.562. The molecule has 110 valence electrons. The number of hydrogen-bond donors (Lipinski definition) is 1. The van der Waals surface area contributed by atoms with E-state index in [0.29, 0.717) is 18.7 Å². The normalized spacial score (nSPS) is 14.3. The van der Waals surface area contributed by atoms with Crippen molar-refractivity contribution in [2.45, 2.75) is 39.2 Å². The lowest BCUT2D eigenvalue weighted by atomic mass is 10.2. The zero-order valence-corrected chi connectivity index (χ0v) is 12.3. The number of nitrogen functional groups attached to an aromatic ring is 1. The highest BCUT2D eigenvalue weighted by molar-refractivity contribution is 5.76. The lowest BCUT2D eigenvalue weighted by Crippen LogP contribution is -2.39. The predicted octanol–water partition coefficient (Wildman–Crippen LogP) is 2.68. The molecule has 2 rings (SSSR count). The van der Waals surface area contributed by atoms with Crippen molar-refractivity contribution in [3.05, 3.63) is 24.3 Å². The monoisotopic (exact) mass is 276 g/mol. The number of nitrogens with zero attached hydrogens (tertiary/aromatic N) is 1. The lowest BCUT2D eigenvalue weighted by molar-refractivity contribution is -0.133. The summed E-state index contributed by atoms with van der Waals surface area (Å²) in [5.74, 6) is 1.66. The van der Waals surface area contributed by atoms with Crippen molar-refractivity contribution >= 4 is 11.6 Å². The van der Waals surface area contributed by atoms with E-state index in [0.717, 1.165) is 18.2 Å². The molecule has 1 amide bonds. The molecule has 0 radical (unpaired) electrons. The van der Waals surface area contributed by atoms with Gasteiger partial charge in [0.2, 0.25) is 5.91 Å². The number of hydrogen-bond acceptors (Lipinski definition) is 3. The van der Waals surface area contributed by atoms with Crippen LogP contribution in [0.3, 0.4) is 0 Å². The molecule has 2 N–H and O–H groups in total. The second-order valence-corrected chi connectivity index (χ2v) is 5.75. The van der Waals surface area contributed by atoms with Gasteiger partial charge in [-0.1, -0.05) is 0 Å². The van der Waals surface area contributed by atoms with E-state index in [1.54, 1.807) is 12.1 Å². The van der Waals surface area contributed by atoms with Gasteiger partial charge in [0.05, 0.1) is 13.0 Å². The van der Waals surface area contributed by atoms with Crippen LogP contribution in [0.2, 0.25) is 0 Å². The van der Waals surface area contributed by atoms with Crippen LogP contribution in [-0.4, -0.2) is 30.0 Å². The highest BCUT2D eigenvalue weighted by Gasteiger charge is 2.27. The van der Waals surface area contributed by atoms with Crippen LogP contribution >= 0.6 is 0 Å². The standard InChI is InChI=1S/C16H24N2O2/c1-12(2)18(11-13-3-4-13)16(19)9-10-20-15-7-5-14(17)6-8-15/h5-8,12-13H,3-4,9-11,17H2,1-2H3. The number of rotatable bonds is 7. The van der Waals surface area contributed by atoms with Crippen molar-refractivity contribution < 1.29 is 9.53 Å². The summed E-state index contributed by atoms with van der Waals surface area (Å²) in [5.41, 5.74) is 6.32. The molecule has 4 heteroatoms. The molecule has 0 saturated heterocycles. The molecule has 1 aromatic carbocycles. The zero-order valence-electron chi connectivity index (χ0n) is 12.3. The summed E-state index contributed by atoms with van der Waals surface area (Å²) in [6.07, 6.45) is 2.95. The third-order valence-corrected chi connectivity index (χ3v) is 3.56. The molecule has 0 atom stereocenters. The molecule has 0 heterocycles. The molecular formula is C16H24N2O2. The summed E-state index contributed by atoms with van der Waals surface area (Å²) < 4.78 is 5.58. The van der Waals surface area contributed by atoms with Crippen LogP contribution in [0, 0.1) is 5.92 Å². The second kappa shape index (κ2) is 6.64. The van der Waals surface area contributed by atoms with Gasteiger partial charge in [-0.2, -0.15) is 0 Å². The van der Waals surface area contributed by atoms with Crippen molar-refractivity contribution in [3.8, 4) is 5.75 Å². The second-order valence-electron chi connectivity index (χ2n) is 5.75. The van der Waals surface area contributed by atoms with E-state index in [1.165, 1.54) is 12.8 Å².